The highest BCUT2D eigenvalue weighted by Gasteiger charge is 2.39. The number of aromatic nitrogens is 3. The number of nitrogens with zero attached hydrogens (tertiary/aromatic N) is 3. The van der Waals surface area contributed by atoms with Crippen LogP contribution in [0.2, 0.25) is 0 Å². The van der Waals surface area contributed by atoms with Crippen LogP contribution in [-0.2, 0) is 6.18 Å². The summed E-state index contributed by atoms with van der Waals surface area (Å²) in [6.07, 6.45) is -3.74. The van der Waals surface area contributed by atoms with Gasteiger partial charge in [-0.05, 0) is 18.6 Å². The number of anilines is 1. The molecular formula is C20H19F4N5O. The molecule has 0 aliphatic carbocycles. The number of aromatic amines is 1. The SMILES string of the molecule is F[C@H]1CCN([C@H]2COc3ccccc3[C@@H]2Nc2ncnc3[nH]c(C(F)(F)F)cc23)C1. The van der Waals surface area contributed by atoms with Gasteiger partial charge in [-0.15, -0.1) is 0 Å². The topological polar surface area (TPSA) is 66.1 Å². The summed E-state index contributed by atoms with van der Waals surface area (Å²) in [6.45, 7) is 1.24. The number of likely N-dealkylation sites (tertiary alicyclic amines) is 1. The predicted molar refractivity (Wildman–Crippen MR) is 102 cm³/mol. The zero-order chi connectivity index (χ0) is 20.9. The smallest absolute Gasteiger partial charge is 0.431 e. The lowest BCUT2D eigenvalue weighted by molar-refractivity contribution is -0.140. The monoisotopic (exact) mass is 421 g/mol. The van der Waals surface area contributed by atoms with Gasteiger partial charge in [0.05, 0.1) is 17.5 Å². The van der Waals surface area contributed by atoms with Crippen LogP contribution in [0.5, 0.6) is 5.75 Å². The number of ether oxygens (including phenoxy) is 1. The van der Waals surface area contributed by atoms with E-state index >= 15 is 0 Å². The highest BCUT2D eigenvalue weighted by atomic mass is 19.4. The Kier molecular flexibility index (Phi) is 4.53. The molecule has 0 spiro atoms. The van der Waals surface area contributed by atoms with Gasteiger partial charge in [0.15, 0.2) is 0 Å². The number of hydrogen-bond donors (Lipinski definition) is 2. The Hall–Kier alpha value is -2.88. The third-order valence-corrected chi connectivity index (χ3v) is 5.70. The molecule has 3 atom stereocenters. The van der Waals surface area contributed by atoms with Crippen LogP contribution >= 0.6 is 0 Å². The standard InChI is InChI=1S/C20H19F4N5O/c21-11-5-6-29(8-11)14-9-30-15-4-2-1-3-12(15)17(14)28-19-13-7-16(20(22,23)24)27-18(13)25-10-26-19/h1-4,7,10-11,14,17H,5-6,8-9H2,(H2,25,26,27,28)/t11-,14-,17-/m0/s1. The number of para-hydroxylation sites is 1. The summed E-state index contributed by atoms with van der Waals surface area (Å²) in [4.78, 5) is 12.5. The molecule has 0 radical (unpaired) electrons. The van der Waals surface area contributed by atoms with Gasteiger partial charge in [-0.2, -0.15) is 13.2 Å². The molecule has 0 saturated carbocycles. The zero-order valence-electron chi connectivity index (χ0n) is 15.8. The molecule has 30 heavy (non-hydrogen) atoms. The highest BCUT2D eigenvalue weighted by Crippen LogP contribution is 2.39. The molecule has 2 aromatic heterocycles. The van der Waals surface area contributed by atoms with E-state index in [1.807, 2.05) is 29.2 Å². The van der Waals surface area contributed by atoms with Crippen LogP contribution in [0.4, 0.5) is 23.4 Å². The van der Waals surface area contributed by atoms with Crippen LogP contribution in [0.15, 0.2) is 36.7 Å². The van der Waals surface area contributed by atoms with Gasteiger partial charge >= 0.3 is 6.18 Å². The fourth-order valence-corrected chi connectivity index (χ4v) is 4.24. The maximum Gasteiger partial charge on any atom is 0.431 e. The molecule has 4 heterocycles. The summed E-state index contributed by atoms with van der Waals surface area (Å²) in [5, 5.41) is 3.55. The second kappa shape index (κ2) is 7.12. The van der Waals surface area contributed by atoms with Crippen LogP contribution in [0.1, 0.15) is 23.7 Å². The second-order valence-corrected chi connectivity index (χ2v) is 7.58. The van der Waals surface area contributed by atoms with E-state index in [0.29, 0.717) is 31.9 Å². The molecule has 6 nitrogen and oxygen atoms in total. The molecule has 1 fully saturated rings. The summed E-state index contributed by atoms with van der Waals surface area (Å²) in [7, 11) is 0. The highest BCUT2D eigenvalue weighted by molar-refractivity contribution is 5.88. The number of halogens is 4. The van der Waals surface area contributed by atoms with Gasteiger partial charge in [0.25, 0.3) is 0 Å². The van der Waals surface area contributed by atoms with Crippen molar-refractivity contribution in [3.63, 3.8) is 0 Å². The molecule has 2 aliphatic heterocycles. The van der Waals surface area contributed by atoms with Crippen molar-refractivity contribution in [1.29, 1.82) is 0 Å². The molecule has 0 bridgehead atoms. The Balaban J connectivity index is 1.54. The average molecular weight is 421 g/mol. The van der Waals surface area contributed by atoms with Crippen LogP contribution in [0.25, 0.3) is 11.0 Å². The van der Waals surface area contributed by atoms with Crippen LogP contribution < -0.4 is 10.1 Å². The summed E-state index contributed by atoms with van der Waals surface area (Å²) >= 11 is 0. The van der Waals surface area contributed by atoms with Gasteiger partial charge in [-0.3, -0.25) is 4.90 Å². The molecule has 158 valence electrons. The Labute approximate surface area is 169 Å². The van der Waals surface area contributed by atoms with Crippen LogP contribution in [0, 0.1) is 0 Å². The number of hydrogen-bond acceptors (Lipinski definition) is 5. The van der Waals surface area contributed by atoms with Gasteiger partial charge in [-0.1, -0.05) is 18.2 Å². The lowest BCUT2D eigenvalue weighted by atomic mass is 9.95. The number of fused-ring (bicyclic) bond motifs is 2. The van der Waals surface area contributed by atoms with Gasteiger partial charge in [0.2, 0.25) is 0 Å². The Morgan fingerprint density at radius 3 is 2.80 bits per heavy atom. The van der Waals surface area contributed by atoms with Crippen LogP contribution in [-0.4, -0.2) is 51.8 Å². The Bertz CT molecular complexity index is 1070. The summed E-state index contributed by atoms with van der Waals surface area (Å²) in [5.74, 6) is 0.979. The summed E-state index contributed by atoms with van der Waals surface area (Å²) < 4.78 is 59.2. The lowest BCUT2D eigenvalue weighted by Crippen LogP contribution is -2.47. The zero-order valence-corrected chi connectivity index (χ0v) is 15.8. The first-order valence-corrected chi connectivity index (χ1v) is 9.67. The third-order valence-electron chi connectivity index (χ3n) is 5.70. The molecule has 1 saturated heterocycles. The van der Waals surface area contributed by atoms with E-state index in [9.17, 15) is 17.6 Å². The maximum absolute atomic E-state index is 13.9. The van der Waals surface area contributed by atoms with Crippen molar-refractivity contribution in [1.82, 2.24) is 19.9 Å². The largest absolute Gasteiger partial charge is 0.491 e. The molecule has 3 aromatic rings. The fourth-order valence-electron chi connectivity index (χ4n) is 4.24. The van der Waals surface area contributed by atoms with Gasteiger partial charge in [0, 0.05) is 18.7 Å². The van der Waals surface area contributed by atoms with E-state index in [2.05, 4.69) is 20.3 Å². The minimum Gasteiger partial charge on any atom is -0.491 e. The molecule has 2 N–H and O–H groups in total. The normalized spacial score (nSPS) is 24.6. The van der Waals surface area contributed by atoms with Crippen molar-refractivity contribution >= 4 is 16.9 Å². The Morgan fingerprint density at radius 2 is 2.03 bits per heavy atom. The number of H-pyrrole nitrogens is 1. The van der Waals surface area contributed by atoms with E-state index < -0.39 is 18.0 Å². The molecule has 0 unspecified atom stereocenters. The van der Waals surface area contributed by atoms with Crippen LogP contribution in [0.3, 0.4) is 0 Å². The van der Waals surface area contributed by atoms with Crippen molar-refractivity contribution < 1.29 is 22.3 Å². The maximum atomic E-state index is 13.9. The van der Waals surface area contributed by atoms with Gasteiger partial charge < -0.3 is 15.0 Å². The summed E-state index contributed by atoms with van der Waals surface area (Å²) in [6, 6.07) is 7.96. The van der Waals surface area contributed by atoms with Gasteiger partial charge in [-0.25, -0.2) is 14.4 Å². The lowest BCUT2D eigenvalue weighted by Gasteiger charge is -2.39. The predicted octanol–water partition coefficient (Wildman–Crippen LogP) is 3.93. The first-order valence-electron chi connectivity index (χ1n) is 9.67. The van der Waals surface area contributed by atoms with E-state index in [1.165, 1.54) is 6.33 Å². The quantitative estimate of drug-likeness (QED) is 0.628. The van der Waals surface area contributed by atoms with E-state index in [-0.39, 0.29) is 28.9 Å². The van der Waals surface area contributed by atoms with E-state index in [1.54, 1.807) is 0 Å². The minimum absolute atomic E-state index is 0.0988. The number of nitrogens with one attached hydrogen (secondary N) is 2. The Morgan fingerprint density at radius 1 is 1.20 bits per heavy atom. The number of benzene rings is 1. The van der Waals surface area contributed by atoms with Gasteiger partial charge in [0.1, 0.15) is 42.0 Å². The minimum atomic E-state index is -4.52. The summed E-state index contributed by atoms with van der Waals surface area (Å²) in [5.41, 5.74) is 0.0703. The average Bonchev–Trinajstić information content (AvgIpc) is 3.35. The fraction of sp³-hybridized carbons (Fsp3) is 0.400. The van der Waals surface area contributed by atoms with Crippen molar-refractivity contribution in [2.45, 2.75) is 30.9 Å². The second-order valence-electron chi connectivity index (χ2n) is 7.58. The number of rotatable bonds is 3. The molecule has 1 aromatic carbocycles. The molecule has 5 rings (SSSR count). The van der Waals surface area contributed by atoms with E-state index in [4.69, 9.17) is 4.74 Å². The van der Waals surface area contributed by atoms with Crippen molar-refractivity contribution in [3.8, 4) is 5.75 Å². The molecule has 2 aliphatic rings. The molecule has 0 amide bonds. The first kappa shape index (κ1) is 19.1. The molecule has 10 heteroatoms. The van der Waals surface area contributed by atoms with Crippen molar-refractivity contribution in [2.75, 3.05) is 25.0 Å². The van der Waals surface area contributed by atoms with Crippen molar-refractivity contribution in [2.24, 2.45) is 0 Å². The number of alkyl halides is 4. The third kappa shape index (κ3) is 3.34. The van der Waals surface area contributed by atoms with Crippen molar-refractivity contribution in [3.05, 3.63) is 47.9 Å². The van der Waals surface area contributed by atoms with E-state index in [0.717, 1.165) is 11.6 Å². The first-order chi connectivity index (χ1) is 14.4. The molecular weight excluding hydrogens is 402 g/mol.